The summed E-state index contributed by atoms with van der Waals surface area (Å²) in [6.07, 6.45) is -7.95. The Hall–Kier alpha value is -2.79. The molecule has 2 atom stereocenters. The SMILES string of the molecule is CC(=O)N1CCC(N2CC[C@@H](N(C)C(=O)c3cc(C(F)(F)F)cc(C(F)(F)F)c3)[C@H](c3ccccc3)C2)CC1.Cl. The predicted octanol–water partition coefficient (Wildman–Crippen LogP) is 6.09. The second-order valence-electron chi connectivity index (χ2n) is 10.3. The number of rotatable bonds is 4. The molecular formula is C28H32ClF6N3O2. The van der Waals surface area contributed by atoms with Crippen molar-refractivity contribution in [3.63, 3.8) is 0 Å². The summed E-state index contributed by atoms with van der Waals surface area (Å²) in [5.74, 6) is -1.05. The molecule has 0 aromatic heterocycles. The zero-order valence-electron chi connectivity index (χ0n) is 22.1. The van der Waals surface area contributed by atoms with Crippen LogP contribution in [-0.2, 0) is 17.1 Å². The molecule has 2 aromatic carbocycles. The number of piperidine rings is 2. The van der Waals surface area contributed by atoms with Crippen molar-refractivity contribution in [1.82, 2.24) is 14.7 Å². The molecule has 0 aliphatic carbocycles. The van der Waals surface area contributed by atoms with Crippen molar-refractivity contribution >= 4 is 24.2 Å². The fourth-order valence-electron chi connectivity index (χ4n) is 5.77. The molecule has 5 nitrogen and oxygen atoms in total. The molecule has 0 bridgehead atoms. The first-order chi connectivity index (χ1) is 18.3. The molecule has 40 heavy (non-hydrogen) atoms. The Bertz CT molecular complexity index is 1150. The monoisotopic (exact) mass is 591 g/mol. The van der Waals surface area contributed by atoms with E-state index in [0.29, 0.717) is 44.7 Å². The number of halogens is 7. The van der Waals surface area contributed by atoms with Gasteiger partial charge in [-0.2, -0.15) is 26.3 Å². The lowest BCUT2D eigenvalue weighted by Crippen LogP contribution is -2.55. The zero-order chi connectivity index (χ0) is 28.5. The van der Waals surface area contributed by atoms with Crippen LogP contribution in [0.5, 0.6) is 0 Å². The van der Waals surface area contributed by atoms with Crippen LogP contribution >= 0.6 is 12.4 Å². The van der Waals surface area contributed by atoms with Gasteiger partial charge in [0.25, 0.3) is 5.91 Å². The molecule has 2 aromatic rings. The van der Waals surface area contributed by atoms with Gasteiger partial charge in [-0.3, -0.25) is 14.5 Å². The highest BCUT2D eigenvalue weighted by molar-refractivity contribution is 5.95. The molecule has 0 N–H and O–H groups in total. The maximum atomic E-state index is 13.4. The molecule has 4 rings (SSSR count). The molecule has 2 amide bonds. The van der Waals surface area contributed by atoms with Crippen LogP contribution in [0.4, 0.5) is 26.3 Å². The minimum absolute atomic E-state index is 0. The first-order valence-corrected chi connectivity index (χ1v) is 12.9. The van der Waals surface area contributed by atoms with Gasteiger partial charge >= 0.3 is 12.4 Å². The highest BCUT2D eigenvalue weighted by Crippen LogP contribution is 2.38. The number of hydrogen-bond acceptors (Lipinski definition) is 3. The lowest BCUT2D eigenvalue weighted by atomic mass is 9.83. The number of likely N-dealkylation sites (N-methyl/N-ethyl adjacent to an activating group) is 1. The number of amides is 2. The Morgan fingerprint density at radius 3 is 1.90 bits per heavy atom. The van der Waals surface area contributed by atoms with E-state index < -0.39 is 41.0 Å². The molecule has 2 aliphatic heterocycles. The molecule has 2 fully saturated rings. The van der Waals surface area contributed by atoms with Crippen LogP contribution in [0.3, 0.4) is 0 Å². The van der Waals surface area contributed by atoms with Crippen molar-refractivity contribution < 1.29 is 35.9 Å². The second-order valence-corrected chi connectivity index (χ2v) is 10.3. The Morgan fingerprint density at radius 1 is 0.850 bits per heavy atom. The Kier molecular flexibility index (Phi) is 9.82. The Morgan fingerprint density at radius 2 is 1.40 bits per heavy atom. The number of nitrogens with zero attached hydrogens (tertiary/aromatic N) is 3. The van der Waals surface area contributed by atoms with E-state index in [0.717, 1.165) is 18.4 Å². The predicted molar refractivity (Wildman–Crippen MR) is 140 cm³/mol. The van der Waals surface area contributed by atoms with Gasteiger partial charge in [0.15, 0.2) is 0 Å². The van der Waals surface area contributed by atoms with E-state index in [9.17, 15) is 35.9 Å². The lowest BCUT2D eigenvalue weighted by Gasteiger charge is -2.47. The average molecular weight is 592 g/mol. The van der Waals surface area contributed by atoms with Crippen LogP contribution in [0, 0.1) is 0 Å². The maximum absolute atomic E-state index is 13.4. The smallest absolute Gasteiger partial charge is 0.343 e. The number of carbonyl (C=O) groups is 2. The van der Waals surface area contributed by atoms with Gasteiger partial charge in [-0.25, -0.2) is 0 Å². The molecule has 2 heterocycles. The van der Waals surface area contributed by atoms with Crippen LogP contribution in [0.15, 0.2) is 48.5 Å². The Labute approximate surface area is 235 Å². The second kappa shape index (κ2) is 12.4. The summed E-state index contributed by atoms with van der Waals surface area (Å²) in [6, 6.07) is 10.2. The fourth-order valence-corrected chi connectivity index (χ4v) is 5.77. The molecule has 0 radical (unpaired) electrons. The normalized spacial score (nSPS) is 21.1. The maximum Gasteiger partial charge on any atom is 0.416 e. The van der Waals surface area contributed by atoms with Crippen LogP contribution in [0.25, 0.3) is 0 Å². The average Bonchev–Trinajstić information content (AvgIpc) is 2.91. The summed E-state index contributed by atoms with van der Waals surface area (Å²) in [5.41, 5.74) is -2.74. The van der Waals surface area contributed by atoms with Gasteiger partial charge in [0.05, 0.1) is 11.1 Å². The van der Waals surface area contributed by atoms with Gasteiger partial charge in [0.2, 0.25) is 5.91 Å². The number of carbonyl (C=O) groups excluding carboxylic acids is 2. The summed E-state index contributed by atoms with van der Waals surface area (Å²) < 4.78 is 80.4. The van der Waals surface area contributed by atoms with E-state index in [-0.39, 0.29) is 36.3 Å². The summed E-state index contributed by atoms with van der Waals surface area (Å²) in [6.45, 7) is 4.06. The van der Waals surface area contributed by atoms with E-state index in [2.05, 4.69) is 4.90 Å². The van der Waals surface area contributed by atoms with Crippen molar-refractivity contribution in [2.24, 2.45) is 0 Å². The molecule has 2 aliphatic rings. The molecule has 220 valence electrons. The van der Waals surface area contributed by atoms with Crippen LogP contribution in [0.2, 0.25) is 0 Å². The standard InChI is InChI=1S/C28H31F6N3O2.ClH/c1-18(38)36-11-8-23(9-12-36)37-13-10-25(24(17-37)19-6-4-3-5-7-19)35(2)26(39)20-14-21(27(29,30)31)16-22(15-20)28(32,33)34;/h3-7,14-16,23-25H,8-13,17H2,1-2H3;1H/t24-,25+;/m0./s1. The molecular weight excluding hydrogens is 560 g/mol. The molecule has 0 spiro atoms. The van der Waals surface area contributed by atoms with E-state index in [1.54, 1.807) is 6.92 Å². The molecule has 12 heteroatoms. The topological polar surface area (TPSA) is 43.9 Å². The quantitative estimate of drug-likeness (QED) is 0.405. The lowest BCUT2D eigenvalue weighted by molar-refractivity contribution is -0.143. The van der Waals surface area contributed by atoms with Crippen LogP contribution < -0.4 is 0 Å². The van der Waals surface area contributed by atoms with Gasteiger partial charge in [-0.1, -0.05) is 30.3 Å². The van der Waals surface area contributed by atoms with Gasteiger partial charge in [-0.15, -0.1) is 12.4 Å². The summed E-state index contributed by atoms with van der Waals surface area (Å²) in [7, 11) is 1.44. The zero-order valence-corrected chi connectivity index (χ0v) is 23.0. The minimum atomic E-state index is -5.04. The van der Waals surface area contributed by atoms with Crippen LogP contribution in [-0.4, -0.2) is 71.8 Å². The van der Waals surface area contributed by atoms with E-state index in [1.165, 1.54) is 11.9 Å². The highest BCUT2D eigenvalue weighted by atomic mass is 35.5. The Balaban J connectivity index is 0.00000441. The number of hydrogen-bond donors (Lipinski definition) is 0. The third-order valence-corrected chi connectivity index (χ3v) is 7.91. The van der Waals surface area contributed by atoms with Crippen LogP contribution in [0.1, 0.15) is 59.2 Å². The molecule has 0 saturated carbocycles. The van der Waals surface area contributed by atoms with Crippen molar-refractivity contribution in [3.05, 3.63) is 70.8 Å². The van der Waals surface area contributed by atoms with Crippen molar-refractivity contribution in [2.75, 3.05) is 33.2 Å². The third kappa shape index (κ3) is 7.09. The number of alkyl halides is 6. The van der Waals surface area contributed by atoms with E-state index in [1.807, 2.05) is 35.2 Å². The van der Waals surface area contributed by atoms with Gasteiger partial charge in [0.1, 0.15) is 0 Å². The molecule has 2 saturated heterocycles. The number of benzene rings is 2. The largest absolute Gasteiger partial charge is 0.416 e. The summed E-state index contributed by atoms with van der Waals surface area (Å²) >= 11 is 0. The van der Waals surface area contributed by atoms with Gasteiger partial charge in [0, 0.05) is 63.7 Å². The van der Waals surface area contributed by atoms with E-state index >= 15 is 0 Å². The van der Waals surface area contributed by atoms with Gasteiger partial charge in [-0.05, 0) is 43.0 Å². The first kappa shape index (κ1) is 31.7. The summed E-state index contributed by atoms with van der Waals surface area (Å²) in [4.78, 5) is 30.6. The third-order valence-electron chi connectivity index (χ3n) is 7.91. The first-order valence-electron chi connectivity index (χ1n) is 12.9. The minimum Gasteiger partial charge on any atom is -0.343 e. The van der Waals surface area contributed by atoms with Crippen molar-refractivity contribution in [3.8, 4) is 0 Å². The summed E-state index contributed by atoms with van der Waals surface area (Å²) in [5, 5.41) is 0. The van der Waals surface area contributed by atoms with Gasteiger partial charge < -0.3 is 9.80 Å². The van der Waals surface area contributed by atoms with Crippen molar-refractivity contribution in [1.29, 1.82) is 0 Å². The van der Waals surface area contributed by atoms with E-state index in [4.69, 9.17) is 0 Å². The highest BCUT2D eigenvalue weighted by Gasteiger charge is 2.40. The number of likely N-dealkylation sites (tertiary alicyclic amines) is 2. The fraction of sp³-hybridized carbons (Fsp3) is 0.500. The molecule has 0 unspecified atom stereocenters. The van der Waals surface area contributed by atoms with Crippen molar-refractivity contribution in [2.45, 2.75) is 56.5 Å².